The van der Waals surface area contributed by atoms with Gasteiger partial charge < -0.3 is 18.5 Å². The SMILES string of the molecule is COc1ccccc1OP=NPOc1ccccc1OC. The Morgan fingerprint density at radius 1 is 0.810 bits per heavy atom. The zero-order valence-corrected chi connectivity index (χ0v) is 13.5. The number of hydrogen-bond donors (Lipinski definition) is 0. The molecule has 0 aliphatic carbocycles. The molecule has 0 radical (unpaired) electrons. The van der Waals surface area contributed by atoms with Crippen molar-refractivity contribution in [1.82, 2.24) is 0 Å². The second-order valence-electron chi connectivity index (χ2n) is 3.77. The Morgan fingerprint density at radius 3 is 1.95 bits per heavy atom. The number of benzene rings is 2. The van der Waals surface area contributed by atoms with E-state index in [1.807, 2.05) is 48.5 Å². The first-order chi connectivity index (χ1) is 10.3. The standard InChI is InChI=1S/C14H15NO4P2/c1-16-11-7-3-5-9-13(11)18-20-15-21-19-14-10-6-4-8-12(14)17-2/h3-10,20H,1-2H3. The third-order valence-electron chi connectivity index (χ3n) is 2.51. The van der Waals surface area contributed by atoms with Crippen LogP contribution in [0, 0.1) is 0 Å². The van der Waals surface area contributed by atoms with Crippen molar-refractivity contribution >= 4 is 17.6 Å². The molecule has 0 saturated heterocycles. The number of methoxy groups -OCH3 is 2. The average molecular weight is 323 g/mol. The zero-order valence-electron chi connectivity index (χ0n) is 11.6. The van der Waals surface area contributed by atoms with Crippen molar-refractivity contribution in [2.24, 2.45) is 4.52 Å². The van der Waals surface area contributed by atoms with Gasteiger partial charge in [0.25, 0.3) is 0 Å². The Labute approximate surface area is 127 Å². The maximum absolute atomic E-state index is 5.54. The molecule has 110 valence electrons. The number of rotatable bonds is 7. The third kappa shape index (κ3) is 4.59. The van der Waals surface area contributed by atoms with Crippen molar-refractivity contribution in [3.05, 3.63) is 48.5 Å². The van der Waals surface area contributed by atoms with Crippen LogP contribution in [-0.2, 0) is 0 Å². The predicted octanol–water partition coefficient (Wildman–Crippen LogP) is 4.71. The molecule has 0 bridgehead atoms. The van der Waals surface area contributed by atoms with Gasteiger partial charge in [-0.1, -0.05) is 24.3 Å². The van der Waals surface area contributed by atoms with E-state index in [-0.39, 0.29) is 8.96 Å². The summed E-state index contributed by atoms with van der Waals surface area (Å²) in [5, 5.41) is 0. The summed E-state index contributed by atoms with van der Waals surface area (Å²) in [6.07, 6.45) is 0. The Balaban J connectivity index is 1.86. The lowest BCUT2D eigenvalue weighted by Gasteiger charge is -2.07. The lowest BCUT2D eigenvalue weighted by atomic mass is 10.3. The fraction of sp³-hybridized carbons (Fsp3) is 0.143. The maximum Gasteiger partial charge on any atom is 0.249 e. The fourth-order valence-corrected chi connectivity index (χ4v) is 2.51. The molecule has 0 amide bonds. The summed E-state index contributed by atoms with van der Waals surface area (Å²) in [5.41, 5.74) is 0. The predicted molar refractivity (Wildman–Crippen MR) is 84.9 cm³/mol. The van der Waals surface area contributed by atoms with E-state index in [0.717, 1.165) is 0 Å². The van der Waals surface area contributed by atoms with Gasteiger partial charge in [-0.3, -0.25) is 0 Å². The van der Waals surface area contributed by atoms with Gasteiger partial charge in [-0.05, 0) is 24.3 Å². The van der Waals surface area contributed by atoms with Crippen LogP contribution in [-0.4, -0.2) is 14.2 Å². The van der Waals surface area contributed by atoms with Gasteiger partial charge in [0.15, 0.2) is 23.0 Å². The van der Waals surface area contributed by atoms with Crippen molar-refractivity contribution in [3.63, 3.8) is 0 Å². The quantitative estimate of drug-likeness (QED) is 0.692. The minimum atomic E-state index is -0.0749. The Hall–Kier alpha value is -1.83. The van der Waals surface area contributed by atoms with Gasteiger partial charge in [-0.15, -0.1) is 0 Å². The van der Waals surface area contributed by atoms with Gasteiger partial charge in [-0.2, -0.15) is 4.52 Å². The van der Waals surface area contributed by atoms with E-state index in [4.69, 9.17) is 18.5 Å². The van der Waals surface area contributed by atoms with Gasteiger partial charge in [0.05, 0.1) is 14.2 Å². The summed E-state index contributed by atoms with van der Waals surface area (Å²) in [4.78, 5) is 0. The average Bonchev–Trinajstić information content (AvgIpc) is 2.55. The van der Waals surface area contributed by atoms with Crippen LogP contribution in [0.4, 0.5) is 0 Å². The lowest BCUT2D eigenvalue weighted by molar-refractivity contribution is 0.398. The molecule has 2 aromatic rings. The largest absolute Gasteiger partial charge is 0.493 e. The van der Waals surface area contributed by atoms with Gasteiger partial charge in [0.2, 0.25) is 17.6 Å². The van der Waals surface area contributed by atoms with Crippen LogP contribution in [0.3, 0.4) is 0 Å². The first-order valence-corrected chi connectivity index (χ1v) is 7.72. The Morgan fingerprint density at radius 2 is 1.33 bits per heavy atom. The number of para-hydroxylation sites is 4. The fourth-order valence-electron chi connectivity index (χ4n) is 1.55. The van der Waals surface area contributed by atoms with Crippen LogP contribution in [0.5, 0.6) is 23.0 Å². The maximum atomic E-state index is 5.54. The highest BCUT2D eigenvalue weighted by Gasteiger charge is 2.02. The summed E-state index contributed by atoms with van der Waals surface area (Å²) in [6, 6.07) is 14.8. The van der Waals surface area contributed by atoms with Crippen LogP contribution in [0.15, 0.2) is 53.0 Å². The first kappa shape index (κ1) is 15.6. The van der Waals surface area contributed by atoms with Crippen molar-refractivity contribution in [2.75, 3.05) is 14.2 Å². The molecule has 0 heterocycles. The van der Waals surface area contributed by atoms with E-state index in [2.05, 4.69) is 4.52 Å². The van der Waals surface area contributed by atoms with Crippen LogP contribution in [0.1, 0.15) is 0 Å². The molecule has 1 unspecified atom stereocenters. The molecule has 0 spiro atoms. The summed E-state index contributed by atoms with van der Waals surface area (Å²) in [7, 11) is 3.58. The molecule has 1 atom stereocenters. The molecule has 5 nitrogen and oxygen atoms in total. The van der Waals surface area contributed by atoms with Crippen LogP contribution in [0.25, 0.3) is 0 Å². The Bertz CT molecular complexity index is 607. The molecule has 2 rings (SSSR count). The summed E-state index contributed by atoms with van der Waals surface area (Å²) >= 11 is 0. The molecular formula is C14H15NO4P2. The topological polar surface area (TPSA) is 49.3 Å². The highest BCUT2D eigenvalue weighted by Crippen LogP contribution is 2.34. The van der Waals surface area contributed by atoms with Crippen LogP contribution < -0.4 is 18.5 Å². The zero-order chi connectivity index (χ0) is 14.9. The minimum absolute atomic E-state index is 0.0749. The van der Waals surface area contributed by atoms with Gasteiger partial charge in [-0.25, -0.2) is 0 Å². The van der Waals surface area contributed by atoms with Crippen molar-refractivity contribution in [3.8, 4) is 23.0 Å². The Kier molecular flexibility index (Phi) is 6.26. The number of nitrogens with zero attached hydrogens (tertiary/aromatic N) is 1. The smallest absolute Gasteiger partial charge is 0.249 e. The molecule has 0 N–H and O–H groups in total. The third-order valence-corrected chi connectivity index (χ3v) is 3.76. The number of ether oxygens (including phenoxy) is 2. The van der Waals surface area contributed by atoms with Gasteiger partial charge in [0.1, 0.15) is 0 Å². The van der Waals surface area contributed by atoms with E-state index in [0.29, 0.717) is 31.6 Å². The van der Waals surface area contributed by atoms with Crippen molar-refractivity contribution in [2.45, 2.75) is 0 Å². The van der Waals surface area contributed by atoms with E-state index in [1.54, 1.807) is 14.2 Å². The molecule has 0 fully saturated rings. The van der Waals surface area contributed by atoms with E-state index >= 15 is 0 Å². The summed E-state index contributed by atoms with van der Waals surface area (Å²) < 4.78 is 25.6. The molecule has 0 aliphatic heterocycles. The molecule has 0 aromatic heterocycles. The van der Waals surface area contributed by atoms with Gasteiger partial charge in [0, 0.05) is 0 Å². The summed E-state index contributed by atoms with van der Waals surface area (Å²) in [6.45, 7) is 0. The normalized spacial score (nSPS) is 11.0. The number of hydrogen-bond acceptors (Lipinski definition) is 5. The first-order valence-electron chi connectivity index (χ1n) is 6.10. The highest BCUT2D eigenvalue weighted by atomic mass is 31.1. The second-order valence-corrected chi connectivity index (χ2v) is 5.30. The lowest BCUT2D eigenvalue weighted by Crippen LogP contribution is -1.86. The van der Waals surface area contributed by atoms with E-state index in [9.17, 15) is 0 Å². The minimum Gasteiger partial charge on any atom is -0.493 e. The van der Waals surface area contributed by atoms with Crippen molar-refractivity contribution in [1.29, 1.82) is 0 Å². The molecular weight excluding hydrogens is 308 g/mol. The highest BCUT2D eigenvalue weighted by molar-refractivity contribution is 7.39. The van der Waals surface area contributed by atoms with Gasteiger partial charge >= 0.3 is 0 Å². The van der Waals surface area contributed by atoms with Crippen molar-refractivity contribution < 1.29 is 18.5 Å². The van der Waals surface area contributed by atoms with Crippen LogP contribution >= 0.6 is 17.6 Å². The molecule has 0 saturated carbocycles. The molecule has 0 aliphatic rings. The van der Waals surface area contributed by atoms with E-state index < -0.39 is 0 Å². The van der Waals surface area contributed by atoms with E-state index in [1.165, 1.54) is 0 Å². The molecule has 21 heavy (non-hydrogen) atoms. The molecule has 2 aromatic carbocycles. The second kappa shape index (κ2) is 8.46. The monoisotopic (exact) mass is 323 g/mol. The van der Waals surface area contributed by atoms with Crippen LogP contribution in [0.2, 0.25) is 0 Å². The molecule has 7 heteroatoms. The summed E-state index contributed by atoms with van der Waals surface area (Å²) in [5.74, 6) is 2.67.